The number of hydrogen-bond donors (Lipinski definition) is 1. The summed E-state index contributed by atoms with van der Waals surface area (Å²) in [5, 5.41) is 2.76. The van der Waals surface area contributed by atoms with Crippen molar-refractivity contribution in [2.45, 2.75) is 6.54 Å². The van der Waals surface area contributed by atoms with Gasteiger partial charge in [-0.05, 0) is 22.0 Å². The first-order valence-electron chi connectivity index (χ1n) is 4.20. The smallest absolute Gasteiger partial charge is 0.265 e. The van der Waals surface area contributed by atoms with E-state index in [9.17, 15) is 4.79 Å². The maximum Gasteiger partial charge on any atom is 0.265 e. The second-order valence-electron chi connectivity index (χ2n) is 2.98. The minimum absolute atomic E-state index is 0.0978. The van der Waals surface area contributed by atoms with E-state index in [0.717, 1.165) is 5.01 Å². The Morgan fingerprint density at radius 2 is 2.40 bits per heavy atom. The third kappa shape index (κ3) is 2.27. The summed E-state index contributed by atoms with van der Waals surface area (Å²) in [6.07, 6.45) is 3.33. The Balaban J connectivity index is 2.41. The summed E-state index contributed by atoms with van der Waals surface area (Å²) in [5.74, 6) is 0. The van der Waals surface area contributed by atoms with E-state index in [1.807, 2.05) is 5.38 Å². The first-order chi connectivity index (χ1) is 7.16. The molecule has 0 aliphatic heterocycles. The van der Waals surface area contributed by atoms with Crippen molar-refractivity contribution in [3.63, 3.8) is 0 Å². The fourth-order valence-corrected chi connectivity index (χ4v) is 2.32. The molecule has 0 aliphatic rings. The van der Waals surface area contributed by atoms with Crippen molar-refractivity contribution < 1.29 is 0 Å². The third-order valence-electron chi connectivity index (χ3n) is 1.85. The third-order valence-corrected chi connectivity index (χ3v) is 3.19. The Bertz CT molecular complexity index is 521. The molecular weight excluding hydrogens is 278 g/mol. The predicted octanol–water partition coefficient (Wildman–Crippen LogP) is 1.70. The van der Waals surface area contributed by atoms with Crippen molar-refractivity contribution in [1.29, 1.82) is 0 Å². The minimum atomic E-state index is -0.0978. The second kappa shape index (κ2) is 4.16. The van der Waals surface area contributed by atoms with Crippen LogP contribution in [0.1, 0.15) is 5.01 Å². The monoisotopic (exact) mass is 285 g/mol. The first-order valence-corrected chi connectivity index (χ1v) is 5.88. The van der Waals surface area contributed by atoms with Crippen LogP contribution in [0.2, 0.25) is 0 Å². The lowest BCUT2D eigenvalue weighted by atomic mass is 10.4. The molecule has 0 saturated heterocycles. The zero-order valence-electron chi connectivity index (χ0n) is 7.68. The Hall–Kier alpha value is -1.14. The van der Waals surface area contributed by atoms with Gasteiger partial charge in [0.15, 0.2) is 0 Å². The number of rotatable bonds is 2. The highest BCUT2D eigenvalue weighted by molar-refractivity contribution is 9.10. The van der Waals surface area contributed by atoms with Crippen molar-refractivity contribution in [3.8, 4) is 0 Å². The number of pyridine rings is 1. The topological polar surface area (TPSA) is 60.9 Å². The molecule has 2 aromatic rings. The highest BCUT2D eigenvalue weighted by Crippen LogP contribution is 2.11. The van der Waals surface area contributed by atoms with Gasteiger partial charge < -0.3 is 10.3 Å². The summed E-state index contributed by atoms with van der Waals surface area (Å²) in [4.78, 5) is 15.8. The molecule has 0 atom stereocenters. The SMILES string of the molecule is Nc1cc(Br)c(=O)n(Cc2nccs2)c1. The summed E-state index contributed by atoms with van der Waals surface area (Å²) in [6, 6.07) is 1.60. The van der Waals surface area contributed by atoms with Crippen LogP contribution in [0, 0.1) is 0 Å². The standard InChI is InChI=1S/C9H8BrN3OS/c10-7-3-6(11)4-13(9(7)14)5-8-12-1-2-15-8/h1-4H,5,11H2. The van der Waals surface area contributed by atoms with Crippen LogP contribution in [-0.4, -0.2) is 9.55 Å². The van der Waals surface area contributed by atoms with Crippen LogP contribution >= 0.6 is 27.3 Å². The molecule has 2 aromatic heterocycles. The van der Waals surface area contributed by atoms with E-state index in [-0.39, 0.29) is 5.56 Å². The fourth-order valence-electron chi connectivity index (χ4n) is 1.22. The van der Waals surface area contributed by atoms with E-state index in [1.165, 1.54) is 15.9 Å². The number of nitrogens with two attached hydrogens (primary N) is 1. The van der Waals surface area contributed by atoms with Crippen molar-refractivity contribution in [2.75, 3.05) is 5.73 Å². The lowest BCUT2D eigenvalue weighted by Gasteiger charge is -2.05. The average Bonchev–Trinajstić information content (AvgIpc) is 2.66. The summed E-state index contributed by atoms with van der Waals surface area (Å²) in [6.45, 7) is 0.458. The van der Waals surface area contributed by atoms with Gasteiger partial charge >= 0.3 is 0 Å². The van der Waals surface area contributed by atoms with E-state index in [1.54, 1.807) is 18.5 Å². The maximum absolute atomic E-state index is 11.7. The highest BCUT2D eigenvalue weighted by Gasteiger charge is 2.04. The number of halogens is 1. The van der Waals surface area contributed by atoms with Gasteiger partial charge in [0.1, 0.15) is 5.01 Å². The molecule has 15 heavy (non-hydrogen) atoms. The molecule has 2 rings (SSSR count). The largest absolute Gasteiger partial charge is 0.398 e. The highest BCUT2D eigenvalue weighted by atomic mass is 79.9. The van der Waals surface area contributed by atoms with E-state index in [4.69, 9.17) is 5.73 Å². The van der Waals surface area contributed by atoms with E-state index < -0.39 is 0 Å². The van der Waals surface area contributed by atoms with Crippen molar-refractivity contribution >= 4 is 33.0 Å². The normalized spacial score (nSPS) is 10.5. The van der Waals surface area contributed by atoms with Gasteiger partial charge in [0.25, 0.3) is 5.56 Å². The quantitative estimate of drug-likeness (QED) is 0.914. The van der Waals surface area contributed by atoms with Crippen LogP contribution in [0.15, 0.2) is 33.1 Å². The lowest BCUT2D eigenvalue weighted by Crippen LogP contribution is -2.21. The number of thiazole rings is 1. The van der Waals surface area contributed by atoms with Gasteiger partial charge in [-0.2, -0.15) is 0 Å². The van der Waals surface area contributed by atoms with Crippen molar-refractivity contribution in [2.24, 2.45) is 0 Å². The lowest BCUT2D eigenvalue weighted by molar-refractivity contribution is 0.752. The number of hydrogen-bond acceptors (Lipinski definition) is 4. The Labute approximate surface area is 98.5 Å². The summed E-state index contributed by atoms with van der Waals surface area (Å²) in [7, 11) is 0. The maximum atomic E-state index is 11.7. The van der Waals surface area contributed by atoms with Crippen LogP contribution in [0.25, 0.3) is 0 Å². The molecule has 0 unspecified atom stereocenters. The van der Waals surface area contributed by atoms with E-state index in [0.29, 0.717) is 16.7 Å². The molecule has 0 aliphatic carbocycles. The van der Waals surface area contributed by atoms with Crippen molar-refractivity contribution in [1.82, 2.24) is 9.55 Å². The van der Waals surface area contributed by atoms with Gasteiger partial charge in [0.2, 0.25) is 0 Å². The zero-order chi connectivity index (χ0) is 10.8. The molecular formula is C9H8BrN3OS. The van der Waals surface area contributed by atoms with Gasteiger partial charge in [0.05, 0.1) is 11.0 Å². The summed E-state index contributed by atoms with van der Waals surface area (Å²) >= 11 is 4.68. The molecule has 0 spiro atoms. The molecule has 6 heteroatoms. The van der Waals surface area contributed by atoms with Crippen LogP contribution in [0.5, 0.6) is 0 Å². The Morgan fingerprint density at radius 1 is 1.60 bits per heavy atom. The van der Waals surface area contributed by atoms with Gasteiger partial charge in [-0.25, -0.2) is 4.98 Å². The van der Waals surface area contributed by atoms with Crippen LogP contribution in [0.4, 0.5) is 5.69 Å². The molecule has 0 aromatic carbocycles. The molecule has 4 nitrogen and oxygen atoms in total. The molecule has 78 valence electrons. The molecule has 0 fully saturated rings. The minimum Gasteiger partial charge on any atom is -0.398 e. The predicted molar refractivity (Wildman–Crippen MR) is 64.0 cm³/mol. The Morgan fingerprint density at radius 3 is 3.07 bits per heavy atom. The van der Waals surface area contributed by atoms with Crippen LogP contribution in [-0.2, 0) is 6.54 Å². The van der Waals surface area contributed by atoms with Crippen molar-refractivity contribution in [3.05, 3.63) is 43.7 Å². The molecule has 2 N–H and O–H groups in total. The van der Waals surface area contributed by atoms with Gasteiger partial charge in [-0.1, -0.05) is 0 Å². The molecule has 2 heterocycles. The molecule has 0 bridgehead atoms. The van der Waals surface area contributed by atoms with Gasteiger partial charge in [-0.15, -0.1) is 11.3 Å². The van der Waals surface area contributed by atoms with E-state index >= 15 is 0 Å². The van der Waals surface area contributed by atoms with E-state index in [2.05, 4.69) is 20.9 Å². The zero-order valence-corrected chi connectivity index (χ0v) is 10.1. The molecule has 0 radical (unpaired) electrons. The molecule has 0 amide bonds. The average molecular weight is 286 g/mol. The number of anilines is 1. The Kier molecular flexibility index (Phi) is 2.88. The van der Waals surface area contributed by atoms with Crippen LogP contribution < -0.4 is 11.3 Å². The first kappa shape index (κ1) is 10.4. The summed E-state index contributed by atoms with van der Waals surface area (Å²) in [5.41, 5.74) is 6.11. The number of aromatic nitrogens is 2. The second-order valence-corrected chi connectivity index (χ2v) is 4.81. The number of nitrogen functional groups attached to an aromatic ring is 1. The van der Waals surface area contributed by atoms with Gasteiger partial charge in [-0.3, -0.25) is 4.79 Å². The molecule has 0 saturated carbocycles. The van der Waals surface area contributed by atoms with Crippen LogP contribution in [0.3, 0.4) is 0 Å². The fraction of sp³-hybridized carbons (Fsp3) is 0.111. The number of nitrogens with zero attached hydrogens (tertiary/aromatic N) is 2. The van der Waals surface area contributed by atoms with Gasteiger partial charge in [0, 0.05) is 23.5 Å². The summed E-state index contributed by atoms with van der Waals surface area (Å²) < 4.78 is 2.01.